The Kier molecular flexibility index (Phi) is 5.78. The highest BCUT2D eigenvalue weighted by molar-refractivity contribution is 7.22. The van der Waals surface area contributed by atoms with Crippen LogP contribution in [0.5, 0.6) is 0 Å². The van der Waals surface area contributed by atoms with Gasteiger partial charge in [-0.05, 0) is 34.9 Å². The van der Waals surface area contributed by atoms with Crippen molar-refractivity contribution in [1.82, 2.24) is 4.98 Å². The number of nitrogens with two attached hydrogens (primary N) is 1. The molecule has 3 aromatic rings. The second-order valence-electron chi connectivity index (χ2n) is 6.01. The number of nitrogens with one attached hydrogen (secondary N) is 1. The summed E-state index contributed by atoms with van der Waals surface area (Å²) in [5.41, 5.74) is 9.73. The smallest absolute Gasteiger partial charge is 0.223 e. The van der Waals surface area contributed by atoms with Crippen LogP contribution in [0, 0.1) is 0 Å². The molecule has 6 heteroatoms. The summed E-state index contributed by atoms with van der Waals surface area (Å²) in [6, 6.07) is 15.8. The fourth-order valence-electron chi connectivity index (χ4n) is 2.50. The van der Waals surface area contributed by atoms with E-state index in [-0.39, 0.29) is 5.91 Å². The Labute approximate surface area is 162 Å². The maximum atomic E-state index is 11.2. The van der Waals surface area contributed by atoms with Gasteiger partial charge in [-0.25, -0.2) is 9.98 Å². The zero-order chi connectivity index (χ0) is 19.2. The zero-order valence-corrected chi connectivity index (χ0v) is 15.8. The van der Waals surface area contributed by atoms with Crippen molar-refractivity contribution < 1.29 is 4.79 Å². The van der Waals surface area contributed by atoms with Crippen LogP contribution in [0.3, 0.4) is 0 Å². The first-order chi connectivity index (χ1) is 13.0. The van der Waals surface area contributed by atoms with E-state index in [1.54, 1.807) is 6.20 Å². The maximum absolute atomic E-state index is 11.2. The lowest BCUT2D eigenvalue weighted by molar-refractivity contribution is -0.114. The lowest BCUT2D eigenvalue weighted by atomic mass is 10.1. The number of amidine groups is 1. The zero-order valence-electron chi connectivity index (χ0n) is 15.0. The van der Waals surface area contributed by atoms with Crippen LogP contribution in [0.1, 0.15) is 18.1 Å². The van der Waals surface area contributed by atoms with E-state index in [2.05, 4.69) is 21.9 Å². The Bertz CT molecular complexity index is 1030. The highest BCUT2D eigenvalue weighted by Crippen LogP contribution is 2.28. The third kappa shape index (κ3) is 5.12. The maximum Gasteiger partial charge on any atom is 0.223 e. The fourth-order valence-corrected chi connectivity index (χ4v) is 3.45. The first-order valence-electron chi connectivity index (χ1n) is 8.41. The van der Waals surface area contributed by atoms with E-state index in [0.717, 1.165) is 26.9 Å². The molecule has 27 heavy (non-hydrogen) atoms. The van der Waals surface area contributed by atoms with Crippen LogP contribution < -0.4 is 11.1 Å². The summed E-state index contributed by atoms with van der Waals surface area (Å²) in [6.07, 6.45) is 4.10. The second-order valence-corrected chi connectivity index (χ2v) is 7.04. The molecule has 0 radical (unpaired) electrons. The van der Waals surface area contributed by atoms with E-state index in [9.17, 15) is 4.79 Å². The Morgan fingerprint density at radius 2 is 2.07 bits per heavy atom. The van der Waals surface area contributed by atoms with Crippen LogP contribution in [-0.2, 0) is 11.2 Å². The molecule has 0 atom stereocenters. The molecule has 3 N–H and O–H groups in total. The Morgan fingerprint density at radius 1 is 1.30 bits per heavy atom. The molecule has 3 rings (SSSR count). The number of fused-ring (bicyclic) bond motifs is 1. The number of hydrogen-bond donors (Lipinski definition) is 2. The number of anilines is 1. The molecule has 136 valence electrons. The van der Waals surface area contributed by atoms with Crippen molar-refractivity contribution in [3.63, 3.8) is 0 Å². The SMILES string of the molecule is C=C(/C=C\N=C(N)Cc1ccccc1)c1ccc2nc(NC(C)=O)sc2c1. The molecule has 1 heterocycles. The van der Waals surface area contributed by atoms with Crippen LogP contribution >= 0.6 is 11.3 Å². The van der Waals surface area contributed by atoms with Crippen LogP contribution in [0.25, 0.3) is 15.8 Å². The number of carbonyl (C=O) groups excluding carboxylic acids is 1. The number of hydrogen-bond acceptors (Lipinski definition) is 4. The van der Waals surface area contributed by atoms with Crippen LogP contribution in [-0.4, -0.2) is 16.7 Å². The Balaban J connectivity index is 1.68. The van der Waals surface area contributed by atoms with E-state index in [4.69, 9.17) is 5.73 Å². The topological polar surface area (TPSA) is 80.4 Å². The van der Waals surface area contributed by atoms with Gasteiger partial charge in [0.25, 0.3) is 0 Å². The predicted octanol–water partition coefficient (Wildman–Crippen LogP) is 4.38. The quantitative estimate of drug-likeness (QED) is 0.380. The molecule has 0 aliphatic heterocycles. The second kappa shape index (κ2) is 8.42. The molecule has 1 amide bonds. The standard InChI is InChI=1S/C21H20N4OS/c1-14(10-11-23-20(22)12-16-6-4-3-5-7-16)17-8-9-18-19(13-17)27-21(25-18)24-15(2)26/h3-11,13H,1,12H2,2H3,(H2,22,23)(H,24,25,26)/b11-10-. The normalized spacial score (nSPS) is 11.8. The van der Waals surface area contributed by atoms with Gasteiger partial charge in [-0.15, -0.1) is 0 Å². The summed E-state index contributed by atoms with van der Waals surface area (Å²) in [7, 11) is 0. The summed E-state index contributed by atoms with van der Waals surface area (Å²) < 4.78 is 0.984. The van der Waals surface area contributed by atoms with Gasteiger partial charge in [-0.3, -0.25) is 4.79 Å². The molecular weight excluding hydrogens is 356 g/mol. The number of allylic oxidation sites excluding steroid dienone is 2. The number of aromatic nitrogens is 1. The molecule has 0 bridgehead atoms. The summed E-state index contributed by atoms with van der Waals surface area (Å²) >= 11 is 1.43. The van der Waals surface area contributed by atoms with Crippen molar-refractivity contribution in [3.05, 3.63) is 78.5 Å². The molecular formula is C21H20N4OS. The average Bonchev–Trinajstić information content (AvgIpc) is 3.02. The number of thiazole rings is 1. The minimum absolute atomic E-state index is 0.132. The summed E-state index contributed by atoms with van der Waals surface area (Å²) in [4.78, 5) is 19.8. The summed E-state index contributed by atoms with van der Waals surface area (Å²) in [5.74, 6) is 0.413. The summed E-state index contributed by atoms with van der Waals surface area (Å²) in [6.45, 7) is 5.55. The Hall–Kier alpha value is -3.25. The third-order valence-corrected chi connectivity index (χ3v) is 4.72. The van der Waals surface area contributed by atoms with Gasteiger partial charge in [0.2, 0.25) is 5.91 Å². The number of benzene rings is 2. The third-order valence-electron chi connectivity index (χ3n) is 3.79. The van der Waals surface area contributed by atoms with Gasteiger partial charge in [-0.2, -0.15) is 0 Å². The molecule has 0 saturated carbocycles. The van der Waals surface area contributed by atoms with E-state index in [0.29, 0.717) is 17.4 Å². The van der Waals surface area contributed by atoms with Crippen molar-refractivity contribution >= 4 is 44.0 Å². The first-order valence-corrected chi connectivity index (χ1v) is 9.23. The molecule has 2 aromatic carbocycles. The lowest BCUT2D eigenvalue weighted by Gasteiger charge is -2.01. The van der Waals surface area contributed by atoms with E-state index in [1.165, 1.54) is 18.3 Å². The number of aliphatic imine (C=N–C) groups is 1. The molecule has 0 saturated heterocycles. The van der Waals surface area contributed by atoms with Crippen molar-refractivity contribution in [2.75, 3.05) is 5.32 Å². The van der Waals surface area contributed by atoms with Gasteiger partial charge in [0.15, 0.2) is 5.13 Å². The van der Waals surface area contributed by atoms with Crippen molar-refractivity contribution in [3.8, 4) is 0 Å². The van der Waals surface area contributed by atoms with Gasteiger partial charge in [0, 0.05) is 19.5 Å². The fraction of sp³-hybridized carbons (Fsp3) is 0.0952. The molecule has 1 aromatic heterocycles. The van der Waals surface area contributed by atoms with E-state index >= 15 is 0 Å². The molecule has 0 spiro atoms. The van der Waals surface area contributed by atoms with E-state index < -0.39 is 0 Å². The average molecular weight is 376 g/mol. The minimum Gasteiger partial charge on any atom is -0.387 e. The molecule has 0 aliphatic rings. The van der Waals surface area contributed by atoms with Gasteiger partial charge in [0.05, 0.1) is 10.2 Å². The largest absolute Gasteiger partial charge is 0.387 e. The van der Waals surface area contributed by atoms with Gasteiger partial charge < -0.3 is 11.1 Å². The van der Waals surface area contributed by atoms with Crippen LogP contribution in [0.4, 0.5) is 5.13 Å². The van der Waals surface area contributed by atoms with Crippen molar-refractivity contribution in [1.29, 1.82) is 0 Å². The molecule has 5 nitrogen and oxygen atoms in total. The van der Waals surface area contributed by atoms with Gasteiger partial charge in [-0.1, -0.05) is 54.3 Å². The highest BCUT2D eigenvalue weighted by atomic mass is 32.1. The van der Waals surface area contributed by atoms with Crippen molar-refractivity contribution in [2.24, 2.45) is 10.7 Å². The number of rotatable bonds is 6. The minimum atomic E-state index is -0.132. The first kappa shape index (κ1) is 18.5. The van der Waals surface area contributed by atoms with Crippen LogP contribution in [0.2, 0.25) is 0 Å². The highest BCUT2D eigenvalue weighted by Gasteiger charge is 2.06. The number of nitrogens with zero attached hydrogens (tertiary/aromatic N) is 2. The summed E-state index contributed by atoms with van der Waals surface area (Å²) in [5, 5.41) is 3.30. The predicted molar refractivity (Wildman–Crippen MR) is 114 cm³/mol. The Morgan fingerprint density at radius 3 is 2.81 bits per heavy atom. The van der Waals surface area contributed by atoms with Gasteiger partial charge in [0.1, 0.15) is 5.84 Å². The van der Waals surface area contributed by atoms with Crippen molar-refractivity contribution in [2.45, 2.75) is 13.3 Å². The van der Waals surface area contributed by atoms with E-state index in [1.807, 2.05) is 54.6 Å². The molecule has 0 unspecified atom stereocenters. The molecule has 0 fully saturated rings. The lowest BCUT2D eigenvalue weighted by Crippen LogP contribution is -2.14. The van der Waals surface area contributed by atoms with Crippen LogP contribution in [0.15, 0.2) is 72.4 Å². The monoisotopic (exact) mass is 376 g/mol. The number of carbonyl (C=O) groups is 1. The van der Waals surface area contributed by atoms with Gasteiger partial charge >= 0.3 is 0 Å². The number of amides is 1. The molecule has 0 aliphatic carbocycles.